The molecule has 8 rings (SSSR count). The van der Waals surface area contributed by atoms with E-state index in [0.717, 1.165) is 88.7 Å². The van der Waals surface area contributed by atoms with E-state index in [1.165, 1.54) is 0 Å². The van der Waals surface area contributed by atoms with E-state index in [9.17, 15) is 9.59 Å². The van der Waals surface area contributed by atoms with E-state index in [2.05, 4.69) is 70.0 Å². The monoisotopic (exact) mass is 788 g/mol. The zero-order valence-corrected chi connectivity index (χ0v) is 34.3. The van der Waals surface area contributed by atoms with E-state index < -0.39 is 6.04 Å². The Morgan fingerprint density at radius 1 is 0.712 bits per heavy atom. The highest BCUT2D eigenvalue weighted by atomic mass is 16.5. The number of nitrogens with zero attached hydrogens (tertiary/aromatic N) is 6. The van der Waals surface area contributed by atoms with Crippen LogP contribution in [0.1, 0.15) is 72.1 Å². The third-order valence-corrected chi connectivity index (χ3v) is 11.6. The fourth-order valence-corrected chi connectivity index (χ4v) is 8.58. The number of imidazole rings is 2. The summed E-state index contributed by atoms with van der Waals surface area (Å²) in [5.74, 6) is 1.81. The van der Waals surface area contributed by atoms with Crippen LogP contribution in [0.15, 0.2) is 127 Å². The van der Waals surface area contributed by atoms with Gasteiger partial charge in [-0.2, -0.15) is 0 Å². The molecule has 302 valence electrons. The third-order valence-electron chi connectivity index (χ3n) is 11.6. The van der Waals surface area contributed by atoms with Crippen molar-refractivity contribution >= 4 is 11.8 Å². The zero-order valence-electron chi connectivity index (χ0n) is 34.3. The largest absolute Gasteiger partial charge is 0.372 e. The molecule has 59 heavy (non-hydrogen) atoms. The number of H-pyrrole nitrogens is 2. The van der Waals surface area contributed by atoms with Gasteiger partial charge < -0.3 is 24.5 Å². The lowest BCUT2D eigenvalue weighted by Crippen LogP contribution is -2.46. The molecule has 2 aliphatic heterocycles. The van der Waals surface area contributed by atoms with Crippen molar-refractivity contribution in [2.24, 2.45) is 0 Å². The van der Waals surface area contributed by atoms with Crippen LogP contribution in [0.25, 0.3) is 22.5 Å². The maximum absolute atomic E-state index is 13.9. The fourth-order valence-electron chi connectivity index (χ4n) is 8.58. The minimum atomic E-state index is -0.392. The highest BCUT2D eigenvalue weighted by Gasteiger charge is 2.38. The van der Waals surface area contributed by atoms with Crippen molar-refractivity contribution in [2.45, 2.75) is 63.1 Å². The molecule has 0 unspecified atom stereocenters. The Morgan fingerprint density at radius 3 is 1.69 bits per heavy atom. The fraction of sp³-hybridized carbons (Fsp3) is 0.333. The van der Waals surface area contributed by atoms with Crippen molar-refractivity contribution in [2.75, 3.05) is 41.3 Å². The molecule has 4 heterocycles. The summed E-state index contributed by atoms with van der Waals surface area (Å²) in [4.78, 5) is 52.2. The van der Waals surface area contributed by atoms with Crippen molar-refractivity contribution in [3.8, 4) is 22.5 Å². The van der Waals surface area contributed by atoms with Crippen LogP contribution >= 0.6 is 0 Å². The standard InChI is InChI=1S/C48H52N8O3/c1-53(2)43(37-13-7-5-8-14-37)47(57)55-27-11-17-41(55)45-49-29-39(51-45)35-23-19-33(20-24-35)31-59-32-34-21-25-36(26-22-34)40-30-50-46(52-40)42-18-12-28-56(42)48(58)44(54(3)4)38-15-9-6-10-16-38/h5,7-9,13-16,19-26,29-30,41-44H,11-12,17-18,27-28,31-32H2,1-4H3,(H,49,51)(H,50,52)/t41-,42-,43+,44+/m0/s1. The molecule has 2 N–H and O–H groups in total. The van der Waals surface area contributed by atoms with E-state index in [4.69, 9.17) is 14.7 Å². The van der Waals surface area contributed by atoms with Gasteiger partial charge in [0.15, 0.2) is 0 Å². The number of likely N-dealkylation sites (tertiary alicyclic amines) is 2. The van der Waals surface area contributed by atoms with Gasteiger partial charge in [0, 0.05) is 13.1 Å². The lowest BCUT2D eigenvalue weighted by molar-refractivity contribution is -0.137. The molecule has 2 aromatic heterocycles. The molecule has 0 saturated carbocycles. The molecule has 0 radical (unpaired) electrons. The lowest BCUT2D eigenvalue weighted by Gasteiger charge is -2.31. The van der Waals surface area contributed by atoms with Crippen LogP contribution in [0.5, 0.6) is 0 Å². The van der Waals surface area contributed by atoms with E-state index in [1.54, 1.807) is 6.08 Å². The minimum absolute atomic E-state index is 0.0710. The molecule has 1 aliphatic carbocycles. The van der Waals surface area contributed by atoms with Gasteiger partial charge in [-0.1, -0.05) is 90.3 Å². The minimum Gasteiger partial charge on any atom is -0.372 e. The summed E-state index contributed by atoms with van der Waals surface area (Å²) in [6.07, 6.45) is 12.9. The topological polar surface area (TPSA) is 114 Å². The molecule has 11 heteroatoms. The predicted molar refractivity (Wildman–Crippen MR) is 229 cm³/mol. The zero-order chi connectivity index (χ0) is 40.9. The van der Waals surface area contributed by atoms with Gasteiger partial charge >= 0.3 is 0 Å². The van der Waals surface area contributed by atoms with Gasteiger partial charge in [0.05, 0.1) is 49.1 Å². The maximum atomic E-state index is 13.9. The van der Waals surface area contributed by atoms with Crippen molar-refractivity contribution in [1.29, 1.82) is 0 Å². The van der Waals surface area contributed by atoms with Gasteiger partial charge in [0.1, 0.15) is 23.7 Å². The van der Waals surface area contributed by atoms with E-state index in [1.807, 2.05) is 103 Å². The SMILES string of the molecule is CN(C)[C@@H](C(=O)N1CCC[C@H]1c1ncc(-c2ccc(COCc3ccc(-c4cnc([C@@H]5CCCN5C(=O)[C@@H](c5ccccc5)N(C)C)[nH]4)cc3)cc2)[nH]1)C1=CC=C=C=C1. The summed E-state index contributed by atoms with van der Waals surface area (Å²) in [7, 11) is 7.78. The Kier molecular flexibility index (Phi) is 12.0. The summed E-state index contributed by atoms with van der Waals surface area (Å²) in [6, 6.07) is 25.7. The number of aromatic amines is 2. The lowest BCUT2D eigenvalue weighted by atomic mass is 10.0. The van der Waals surface area contributed by atoms with Gasteiger partial charge in [0.2, 0.25) is 11.8 Å². The average molecular weight is 789 g/mol. The smallest absolute Gasteiger partial charge is 0.245 e. The van der Waals surface area contributed by atoms with E-state index in [-0.39, 0.29) is 29.9 Å². The molecule has 3 aromatic carbocycles. The number of amides is 2. The highest BCUT2D eigenvalue weighted by Crippen LogP contribution is 2.36. The molecular weight excluding hydrogens is 737 g/mol. The second-order valence-corrected chi connectivity index (χ2v) is 16.0. The van der Waals surface area contributed by atoms with Gasteiger partial charge in [-0.25, -0.2) is 9.97 Å². The number of nitrogens with one attached hydrogen (secondary N) is 2. The van der Waals surface area contributed by atoms with Crippen molar-refractivity contribution < 1.29 is 14.3 Å². The summed E-state index contributed by atoms with van der Waals surface area (Å²) in [5.41, 5.74) is 13.9. The first-order chi connectivity index (χ1) is 28.7. The number of allylic oxidation sites excluding steroid dienone is 2. The summed E-state index contributed by atoms with van der Waals surface area (Å²) in [5, 5.41) is 0. The number of ether oxygens (including phenoxy) is 1. The highest BCUT2D eigenvalue weighted by molar-refractivity contribution is 5.86. The van der Waals surface area contributed by atoms with Crippen LogP contribution < -0.4 is 0 Å². The Morgan fingerprint density at radius 2 is 1.22 bits per heavy atom. The third kappa shape index (κ3) is 8.71. The number of carbonyl (C=O) groups excluding carboxylic acids is 2. The maximum Gasteiger partial charge on any atom is 0.245 e. The number of rotatable bonds is 14. The van der Waals surface area contributed by atoms with Gasteiger partial charge in [-0.05, 0) is 105 Å². The molecule has 5 aromatic rings. The molecule has 4 atom stereocenters. The van der Waals surface area contributed by atoms with Crippen molar-refractivity contribution in [1.82, 2.24) is 39.5 Å². The molecular formula is C48H52N8O3. The normalized spacial score (nSPS) is 18.6. The van der Waals surface area contributed by atoms with E-state index >= 15 is 0 Å². The summed E-state index contributed by atoms with van der Waals surface area (Å²) >= 11 is 0. The molecule has 0 bridgehead atoms. The molecule has 11 nitrogen and oxygen atoms in total. The second kappa shape index (κ2) is 17.8. The van der Waals surface area contributed by atoms with Gasteiger partial charge in [0.25, 0.3) is 0 Å². The number of hydrogen-bond acceptors (Lipinski definition) is 7. The number of aromatic nitrogens is 4. The Balaban J connectivity index is 0.841. The van der Waals surface area contributed by atoms with Crippen LogP contribution in [0.3, 0.4) is 0 Å². The Hall–Kier alpha value is -6.06. The Labute approximate surface area is 346 Å². The number of likely N-dealkylation sites (N-methyl/N-ethyl adjacent to an activating group) is 2. The number of hydrogen-bond donors (Lipinski definition) is 2. The van der Waals surface area contributed by atoms with Crippen molar-refractivity contribution in [3.63, 3.8) is 0 Å². The van der Waals surface area contributed by atoms with Crippen LogP contribution in [0.4, 0.5) is 0 Å². The van der Waals surface area contributed by atoms with Crippen LogP contribution in [-0.4, -0.2) is 98.7 Å². The summed E-state index contributed by atoms with van der Waals surface area (Å²) in [6.45, 7) is 2.39. The molecule has 2 amide bonds. The number of carbonyl (C=O) groups is 2. The molecule has 3 aliphatic rings. The van der Waals surface area contributed by atoms with Crippen LogP contribution in [-0.2, 0) is 27.5 Å². The molecule has 0 spiro atoms. The van der Waals surface area contributed by atoms with Crippen molar-refractivity contribution in [3.05, 3.63) is 155 Å². The quantitative estimate of drug-likeness (QED) is 0.112. The van der Waals surface area contributed by atoms with Gasteiger partial charge in [-0.15, -0.1) is 0 Å². The molecule has 2 saturated heterocycles. The van der Waals surface area contributed by atoms with Crippen LogP contribution in [0.2, 0.25) is 0 Å². The van der Waals surface area contributed by atoms with E-state index in [0.29, 0.717) is 19.8 Å². The number of benzene rings is 3. The van der Waals surface area contributed by atoms with Crippen LogP contribution in [0, 0.1) is 0 Å². The first-order valence-corrected chi connectivity index (χ1v) is 20.5. The Bertz CT molecular complexity index is 2380. The average Bonchev–Trinajstić information content (AvgIpc) is 4.09. The predicted octanol–water partition coefficient (Wildman–Crippen LogP) is 7.55. The molecule has 2 fully saturated rings. The summed E-state index contributed by atoms with van der Waals surface area (Å²) < 4.78 is 6.12. The van der Waals surface area contributed by atoms with Gasteiger partial charge in [-0.3, -0.25) is 19.4 Å². The first-order valence-electron chi connectivity index (χ1n) is 20.5. The second-order valence-electron chi connectivity index (χ2n) is 16.0. The first kappa shape index (κ1) is 39.8.